The highest BCUT2D eigenvalue weighted by atomic mass is 16.4. The molecule has 1 rings (SSSR count). The van der Waals surface area contributed by atoms with Crippen LogP contribution in [0.3, 0.4) is 0 Å². The molecule has 0 aromatic heterocycles. The second kappa shape index (κ2) is 6.00. The van der Waals surface area contributed by atoms with Crippen LogP contribution in [0.15, 0.2) is 0 Å². The Hall–Kier alpha value is -1.10. The van der Waals surface area contributed by atoms with Crippen LogP contribution in [0.2, 0.25) is 0 Å². The molecule has 1 amide bonds. The lowest BCUT2D eigenvalue weighted by molar-refractivity contribution is -0.154. The molecule has 1 unspecified atom stereocenters. The number of carboxylic acids is 1. The van der Waals surface area contributed by atoms with E-state index in [-0.39, 0.29) is 0 Å². The lowest BCUT2D eigenvalue weighted by Gasteiger charge is -2.35. The first-order valence-electron chi connectivity index (χ1n) is 6.21. The van der Waals surface area contributed by atoms with Crippen molar-refractivity contribution in [2.45, 2.75) is 38.1 Å². The van der Waals surface area contributed by atoms with Crippen LogP contribution < -0.4 is 0 Å². The Morgan fingerprint density at radius 1 is 1.47 bits per heavy atom. The third-order valence-electron chi connectivity index (χ3n) is 3.68. The number of aliphatic carboxylic acids is 1. The summed E-state index contributed by atoms with van der Waals surface area (Å²) in [7, 11) is 1.57. The number of likely N-dealkylation sites (N-methyl/N-ethyl adjacent to an activating group) is 1. The second-order valence-corrected chi connectivity index (χ2v) is 4.75. The first-order chi connectivity index (χ1) is 8.06. The molecule has 1 aliphatic rings. The first-order valence-corrected chi connectivity index (χ1v) is 6.21. The van der Waals surface area contributed by atoms with Crippen LogP contribution in [0.25, 0.3) is 0 Å². The number of likely N-dealkylation sites (tertiary alicyclic amines) is 1. The Bertz CT molecular complexity index is 283. The van der Waals surface area contributed by atoms with Gasteiger partial charge in [0.25, 0.3) is 0 Å². The standard InChI is InChI=1S/C12H22N2O3/c1-3-7-14-8-4-5-12(6-9-14,11(16)17)13(2)10-15/h10H,3-9H2,1-2H3,(H,16,17). The second-order valence-electron chi connectivity index (χ2n) is 4.75. The fourth-order valence-corrected chi connectivity index (χ4v) is 2.53. The predicted octanol–water partition coefficient (Wildman–Crippen LogP) is 0.794. The molecule has 5 nitrogen and oxygen atoms in total. The average Bonchev–Trinajstić information content (AvgIpc) is 2.52. The summed E-state index contributed by atoms with van der Waals surface area (Å²) in [5, 5.41) is 9.41. The Kier molecular flexibility index (Phi) is 4.93. The summed E-state index contributed by atoms with van der Waals surface area (Å²) in [6.07, 6.45) is 3.58. The highest BCUT2D eigenvalue weighted by Crippen LogP contribution is 2.27. The van der Waals surface area contributed by atoms with E-state index in [1.807, 2.05) is 0 Å². The number of hydrogen-bond acceptors (Lipinski definition) is 3. The molecule has 0 aromatic carbocycles. The van der Waals surface area contributed by atoms with Gasteiger partial charge in [-0.2, -0.15) is 0 Å². The van der Waals surface area contributed by atoms with Crippen molar-refractivity contribution in [1.29, 1.82) is 0 Å². The highest BCUT2D eigenvalue weighted by Gasteiger charge is 2.43. The zero-order valence-electron chi connectivity index (χ0n) is 10.7. The van der Waals surface area contributed by atoms with Crippen molar-refractivity contribution in [1.82, 2.24) is 9.80 Å². The van der Waals surface area contributed by atoms with E-state index in [2.05, 4.69) is 11.8 Å². The van der Waals surface area contributed by atoms with Gasteiger partial charge >= 0.3 is 5.97 Å². The molecule has 17 heavy (non-hydrogen) atoms. The normalized spacial score (nSPS) is 26.2. The van der Waals surface area contributed by atoms with Gasteiger partial charge in [0, 0.05) is 13.6 Å². The minimum Gasteiger partial charge on any atom is -0.479 e. The molecule has 5 heteroatoms. The SMILES string of the molecule is CCCN1CCCC(C(=O)O)(N(C)C=O)CC1. The van der Waals surface area contributed by atoms with Crippen LogP contribution in [0.5, 0.6) is 0 Å². The molecule has 0 spiro atoms. The van der Waals surface area contributed by atoms with Gasteiger partial charge in [-0.1, -0.05) is 6.92 Å². The van der Waals surface area contributed by atoms with E-state index < -0.39 is 11.5 Å². The molecule has 1 atom stereocenters. The molecule has 1 saturated heterocycles. The van der Waals surface area contributed by atoms with E-state index in [1.165, 1.54) is 4.90 Å². The molecule has 0 aromatic rings. The Balaban J connectivity index is 2.79. The maximum Gasteiger partial charge on any atom is 0.329 e. The van der Waals surface area contributed by atoms with Gasteiger partial charge in [0.05, 0.1) is 0 Å². The van der Waals surface area contributed by atoms with Crippen LogP contribution in [-0.2, 0) is 9.59 Å². The summed E-state index contributed by atoms with van der Waals surface area (Å²) in [5.74, 6) is -0.884. The molecule has 1 heterocycles. The van der Waals surface area contributed by atoms with E-state index in [9.17, 15) is 14.7 Å². The molecular formula is C12H22N2O3. The van der Waals surface area contributed by atoms with Gasteiger partial charge in [-0.3, -0.25) is 4.79 Å². The van der Waals surface area contributed by atoms with Crippen molar-refractivity contribution < 1.29 is 14.7 Å². The van der Waals surface area contributed by atoms with Gasteiger partial charge in [-0.25, -0.2) is 4.79 Å². The van der Waals surface area contributed by atoms with E-state index in [1.54, 1.807) is 7.05 Å². The van der Waals surface area contributed by atoms with Crippen LogP contribution in [0.1, 0.15) is 32.6 Å². The maximum absolute atomic E-state index is 11.5. The minimum atomic E-state index is -1.01. The Morgan fingerprint density at radius 3 is 2.71 bits per heavy atom. The number of nitrogens with zero attached hydrogens (tertiary/aromatic N) is 2. The smallest absolute Gasteiger partial charge is 0.329 e. The summed E-state index contributed by atoms with van der Waals surface area (Å²) in [6.45, 7) is 4.79. The summed E-state index contributed by atoms with van der Waals surface area (Å²) in [5.41, 5.74) is -1.01. The number of carboxylic acid groups (broad SMARTS) is 1. The van der Waals surface area contributed by atoms with Crippen LogP contribution >= 0.6 is 0 Å². The fraction of sp³-hybridized carbons (Fsp3) is 0.833. The number of carbonyl (C=O) groups excluding carboxylic acids is 1. The van der Waals surface area contributed by atoms with Gasteiger partial charge in [0.1, 0.15) is 5.54 Å². The van der Waals surface area contributed by atoms with Crippen LogP contribution in [-0.4, -0.2) is 59.5 Å². The van der Waals surface area contributed by atoms with E-state index >= 15 is 0 Å². The Labute approximate surface area is 102 Å². The molecule has 0 radical (unpaired) electrons. The maximum atomic E-state index is 11.5. The molecule has 0 saturated carbocycles. The minimum absolute atomic E-state index is 0.511. The molecule has 0 aliphatic carbocycles. The van der Waals surface area contributed by atoms with Crippen molar-refractivity contribution in [2.24, 2.45) is 0 Å². The molecule has 98 valence electrons. The van der Waals surface area contributed by atoms with Crippen LogP contribution in [0.4, 0.5) is 0 Å². The van der Waals surface area contributed by atoms with Gasteiger partial charge in [-0.15, -0.1) is 0 Å². The third-order valence-corrected chi connectivity index (χ3v) is 3.68. The van der Waals surface area contributed by atoms with Crippen molar-refractivity contribution in [2.75, 3.05) is 26.7 Å². The number of carbonyl (C=O) groups is 2. The Morgan fingerprint density at radius 2 is 2.18 bits per heavy atom. The lowest BCUT2D eigenvalue weighted by Crippen LogP contribution is -2.52. The van der Waals surface area contributed by atoms with Gasteiger partial charge in [0.2, 0.25) is 6.41 Å². The van der Waals surface area contributed by atoms with Crippen molar-refractivity contribution in [3.8, 4) is 0 Å². The predicted molar refractivity (Wildman–Crippen MR) is 64.8 cm³/mol. The first kappa shape index (κ1) is 14.0. The van der Waals surface area contributed by atoms with E-state index in [4.69, 9.17) is 0 Å². The molecule has 1 fully saturated rings. The molecule has 0 bridgehead atoms. The van der Waals surface area contributed by atoms with Crippen LogP contribution in [0, 0.1) is 0 Å². The summed E-state index contributed by atoms with van der Waals surface area (Å²) < 4.78 is 0. The lowest BCUT2D eigenvalue weighted by atomic mass is 9.89. The molecule has 1 aliphatic heterocycles. The van der Waals surface area contributed by atoms with E-state index in [0.29, 0.717) is 19.3 Å². The topological polar surface area (TPSA) is 60.9 Å². The van der Waals surface area contributed by atoms with Gasteiger partial charge in [-0.05, 0) is 38.8 Å². The number of hydrogen-bond donors (Lipinski definition) is 1. The van der Waals surface area contributed by atoms with Gasteiger partial charge < -0.3 is 14.9 Å². The van der Waals surface area contributed by atoms with E-state index in [0.717, 1.165) is 32.5 Å². The molecule has 1 N–H and O–H groups in total. The summed E-state index contributed by atoms with van der Waals surface area (Å²) in [6, 6.07) is 0. The molecular weight excluding hydrogens is 220 g/mol. The zero-order valence-corrected chi connectivity index (χ0v) is 10.7. The average molecular weight is 242 g/mol. The summed E-state index contributed by atoms with van der Waals surface area (Å²) in [4.78, 5) is 26.0. The highest BCUT2D eigenvalue weighted by molar-refractivity contribution is 5.81. The number of amides is 1. The monoisotopic (exact) mass is 242 g/mol. The number of rotatable bonds is 5. The van der Waals surface area contributed by atoms with Crippen molar-refractivity contribution in [3.63, 3.8) is 0 Å². The van der Waals surface area contributed by atoms with Gasteiger partial charge in [0.15, 0.2) is 0 Å². The summed E-state index contributed by atoms with van der Waals surface area (Å²) >= 11 is 0. The van der Waals surface area contributed by atoms with Crippen molar-refractivity contribution >= 4 is 12.4 Å². The quantitative estimate of drug-likeness (QED) is 0.724. The third kappa shape index (κ3) is 2.97. The largest absolute Gasteiger partial charge is 0.479 e. The van der Waals surface area contributed by atoms with Crippen molar-refractivity contribution in [3.05, 3.63) is 0 Å². The zero-order chi connectivity index (χ0) is 12.9. The fourth-order valence-electron chi connectivity index (χ4n) is 2.53.